The summed E-state index contributed by atoms with van der Waals surface area (Å²) in [4.78, 5) is 42.0. The standard InChI is InChI=1S/C16H20N6O2S.C4H9NO/c1-9(23)20-16-22-12(13(25-16)14(24)19-2)8-5-10-3-6-11(7-4-10)21-15(17)18;1-3-5-4(2)6/h3-4,6-7H,5,8H2,1-2H3,(H,19,24)(H4,17,18,21)(H,20,22,23);3H2,1-2H3,(H,5,6). The number of nitrogens with one attached hydrogen (secondary N) is 3. The SMILES string of the molecule is CCNC(C)=O.CNC(=O)c1sc(NC(C)=O)nc1CCc1ccc(N=C(N)N)cc1. The van der Waals surface area contributed by atoms with Gasteiger partial charge in [0.05, 0.1) is 11.4 Å². The number of hydrogen-bond acceptors (Lipinski definition) is 6. The van der Waals surface area contributed by atoms with Gasteiger partial charge in [-0.1, -0.05) is 23.5 Å². The molecular formula is C20H29N7O3S. The fraction of sp³-hybridized carbons (Fsp3) is 0.350. The second-order valence-corrected chi connectivity index (χ2v) is 7.34. The molecule has 1 aromatic carbocycles. The van der Waals surface area contributed by atoms with E-state index in [2.05, 4.69) is 25.9 Å². The van der Waals surface area contributed by atoms with Gasteiger partial charge in [0.2, 0.25) is 11.8 Å². The summed E-state index contributed by atoms with van der Waals surface area (Å²) in [6.45, 7) is 5.53. The zero-order chi connectivity index (χ0) is 23.4. The first-order valence-electron chi connectivity index (χ1n) is 9.58. The van der Waals surface area contributed by atoms with Crippen LogP contribution in [-0.2, 0) is 22.4 Å². The number of rotatable bonds is 7. The number of aryl methyl sites for hydroxylation is 2. The van der Waals surface area contributed by atoms with Crippen molar-refractivity contribution >= 4 is 45.8 Å². The summed E-state index contributed by atoms with van der Waals surface area (Å²) in [5.74, 6) is -0.389. The molecule has 0 aliphatic carbocycles. The lowest BCUT2D eigenvalue weighted by Crippen LogP contribution is -2.21. The molecule has 0 radical (unpaired) electrons. The Kier molecular flexibility index (Phi) is 10.7. The first kappa shape index (κ1) is 25.6. The summed E-state index contributed by atoms with van der Waals surface area (Å²) in [6, 6.07) is 7.47. The fourth-order valence-electron chi connectivity index (χ4n) is 2.41. The largest absolute Gasteiger partial charge is 0.370 e. The highest BCUT2D eigenvalue weighted by molar-refractivity contribution is 7.17. The minimum Gasteiger partial charge on any atom is -0.370 e. The molecule has 0 unspecified atom stereocenters. The summed E-state index contributed by atoms with van der Waals surface area (Å²) in [5, 5.41) is 8.20. The number of thiazole rings is 1. The molecule has 0 spiro atoms. The number of hydrogen-bond donors (Lipinski definition) is 5. The van der Waals surface area contributed by atoms with Gasteiger partial charge in [-0.15, -0.1) is 0 Å². The van der Waals surface area contributed by atoms with Crippen LogP contribution >= 0.6 is 11.3 Å². The Morgan fingerprint density at radius 2 is 1.71 bits per heavy atom. The van der Waals surface area contributed by atoms with Gasteiger partial charge in [-0.05, 0) is 37.5 Å². The number of carbonyl (C=O) groups excluding carboxylic acids is 3. The van der Waals surface area contributed by atoms with Crippen LogP contribution in [-0.4, -0.2) is 42.3 Å². The van der Waals surface area contributed by atoms with Crippen LogP contribution in [0, 0.1) is 0 Å². The molecular weight excluding hydrogens is 418 g/mol. The van der Waals surface area contributed by atoms with Gasteiger partial charge < -0.3 is 27.4 Å². The van der Waals surface area contributed by atoms with Crippen LogP contribution in [0.15, 0.2) is 29.3 Å². The number of benzene rings is 1. The van der Waals surface area contributed by atoms with E-state index in [0.717, 1.165) is 23.4 Å². The van der Waals surface area contributed by atoms with Gasteiger partial charge in [0.25, 0.3) is 5.91 Å². The molecule has 168 valence electrons. The van der Waals surface area contributed by atoms with E-state index < -0.39 is 0 Å². The normalized spacial score (nSPS) is 9.68. The maximum absolute atomic E-state index is 12.0. The van der Waals surface area contributed by atoms with E-state index in [4.69, 9.17) is 11.5 Å². The molecule has 0 bridgehead atoms. The molecule has 3 amide bonds. The third kappa shape index (κ3) is 9.72. The first-order chi connectivity index (χ1) is 14.7. The molecule has 1 aromatic heterocycles. The quantitative estimate of drug-likeness (QED) is 0.317. The van der Waals surface area contributed by atoms with Crippen LogP contribution in [0.5, 0.6) is 0 Å². The van der Waals surface area contributed by atoms with Crippen LogP contribution in [0.3, 0.4) is 0 Å². The predicted octanol–water partition coefficient (Wildman–Crippen LogP) is 1.29. The van der Waals surface area contributed by atoms with Crippen LogP contribution < -0.4 is 27.4 Å². The molecule has 0 atom stereocenters. The second-order valence-electron chi connectivity index (χ2n) is 6.34. The summed E-state index contributed by atoms with van der Waals surface area (Å²) in [5.41, 5.74) is 13.1. The maximum atomic E-state index is 12.0. The van der Waals surface area contributed by atoms with Crippen molar-refractivity contribution in [2.24, 2.45) is 16.5 Å². The van der Waals surface area contributed by atoms with Crippen molar-refractivity contribution in [2.75, 3.05) is 18.9 Å². The molecule has 0 fully saturated rings. The zero-order valence-corrected chi connectivity index (χ0v) is 18.9. The van der Waals surface area contributed by atoms with Gasteiger partial charge in [0, 0.05) is 27.4 Å². The highest BCUT2D eigenvalue weighted by Gasteiger charge is 2.17. The smallest absolute Gasteiger partial charge is 0.263 e. The van der Waals surface area contributed by atoms with Crippen molar-refractivity contribution < 1.29 is 14.4 Å². The lowest BCUT2D eigenvalue weighted by Gasteiger charge is -2.03. The van der Waals surface area contributed by atoms with E-state index in [1.54, 1.807) is 7.05 Å². The van der Waals surface area contributed by atoms with Crippen LogP contribution in [0.1, 0.15) is 41.7 Å². The molecule has 0 saturated heterocycles. The highest BCUT2D eigenvalue weighted by Crippen LogP contribution is 2.24. The van der Waals surface area contributed by atoms with E-state index in [1.165, 1.54) is 13.8 Å². The van der Waals surface area contributed by atoms with Crippen LogP contribution in [0.2, 0.25) is 0 Å². The number of guanidine groups is 1. The summed E-state index contributed by atoms with van der Waals surface area (Å²) >= 11 is 1.16. The number of nitrogens with zero attached hydrogens (tertiary/aromatic N) is 2. The van der Waals surface area contributed by atoms with Crippen molar-refractivity contribution in [2.45, 2.75) is 33.6 Å². The molecule has 0 aliphatic heterocycles. The molecule has 0 saturated carbocycles. The molecule has 7 N–H and O–H groups in total. The van der Waals surface area contributed by atoms with Crippen molar-refractivity contribution in [3.05, 3.63) is 40.4 Å². The van der Waals surface area contributed by atoms with Gasteiger partial charge in [-0.25, -0.2) is 9.98 Å². The topological polar surface area (TPSA) is 165 Å². The first-order valence-corrected chi connectivity index (χ1v) is 10.4. The van der Waals surface area contributed by atoms with Crippen LogP contribution in [0.4, 0.5) is 10.8 Å². The van der Waals surface area contributed by atoms with Crippen molar-refractivity contribution in [1.29, 1.82) is 0 Å². The Labute approximate surface area is 185 Å². The number of nitrogens with two attached hydrogens (primary N) is 2. The van der Waals surface area contributed by atoms with E-state index in [1.807, 2.05) is 31.2 Å². The van der Waals surface area contributed by atoms with Gasteiger partial charge in [0.1, 0.15) is 4.88 Å². The number of aromatic nitrogens is 1. The molecule has 2 aromatic rings. The molecule has 0 aliphatic rings. The second kappa shape index (κ2) is 13.0. The van der Waals surface area contributed by atoms with Gasteiger partial charge in [0.15, 0.2) is 11.1 Å². The van der Waals surface area contributed by atoms with E-state index in [9.17, 15) is 14.4 Å². The van der Waals surface area contributed by atoms with Gasteiger partial charge in [-0.2, -0.15) is 0 Å². The number of anilines is 1. The zero-order valence-electron chi connectivity index (χ0n) is 18.1. The van der Waals surface area contributed by atoms with E-state index in [0.29, 0.717) is 34.2 Å². The lowest BCUT2D eigenvalue weighted by atomic mass is 10.1. The number of carbonyl (C=O) groups is 3. The number of amides is 3. The minimum absolute atomic E-state index is 0.0101. The fourth-order valence-corrected chi connectivity index (χ4v) is 3.42. The highest BCUT2D eigenvalue weighted by atomic mass is 32.1. The molecule has 2 rings (SSSR count). The minimum atomic E-state index is -0.223. The van der Waals surface area contributed by atoms with E-state index in [-0.39, 0.29) is 23.7 Å². The summed E-state index contributed by atoms with van der Waals surface area (Å²) < 4.78 is 0. The predicted molar refractivity (Wildman–Crippen MR) is 123 cm³/mol. The Hall–Kier alpha value is -3.47. The molecule has 31 heavy (non-hydrogen) atoms. The maximum Gasteiger partial charge on any atom is 0.263 e. The molecule has 1 heterocycles. The summed E-state index contributed by atoms with van der Waals surface area (Å²) in [7, 11) is 1.56. The van der Waals surface area contributed by atoms with Gasteiger partial charge >= 0.3 is 0 Å². The molecule has 10 nitrogen and oxygen atoms in total. The van der Waals surface area contributed by atoms with Gasteiger partial charge in [-0.3, -0.25) is 14.4 Å². The monoisotopic (exact) mass is 447 g/mol. The Balaban J connectivity index is 0.000000703. The average molecular weight is 448 g/mol. The third-order valence-corrected chi connectivity index (χ3v) is 4.70. The average Bonchev–Trinajstić information content (AvgIpc) is 3.08. The Morgan fingerprint density at radius 1 is 1.06 bits per heavy atom. The van der Waals surface area contributed by atoms with Crippen molar-refractivity contribution in [3.8, 4) is 0 Å². The third-order valence-electron chi connectivity index (χ3n) is 3.68. The van der Waals surface area contributed by atoms with Crippen molar-refractivity contribution in [1.82, 2.24) is 15.6 Å². The number of aliphatic imine (C=N–C) groups is 1. The Morgan fingerprint density at radius 3 is 2.16 bits per heavy atom. The molecule has 11 heteroatoms. The lowest BCUT2D eigenvalue weighted by molar-refractivity contribution is -0.119. The summed E-state index contributed by atoms with van der Waals surface area (Å²) in [6.07, 6.45) is 1.26. The Bertz CT molecular complexity index is 919. The van der Waals surface area contributed by atoms with Crippen molar-refractivity contribution in [3.63, 3.8) is 0 Å². The van der Waals surface area contributed by atoms with E-state index >= 15 is 0 Å². The van der Waals surface area contributed by atoms with Crippen LogP contribution in [0.25, 0.3) is 0 Å².